The van der Waals surface area contributed by atoms with E-state index in [9.17, 15) is 4.79 Å². The van der Waals surface area contributed by atoms with Crippen LogP contribution in [0.5, 0.6) is 0 Å². The lowest BCUT2D eigenvalue weighted by Gasteiger charge is -2.32. The smallest absolute Gasteiger partial charge is 0.419 e. The van der Waals surface area contributed by atoms with E-state index in [1.807, 2.05) is 20.8 Å². The number of nitrogens with zero attached hydrogens (tertiary/aromatic N) is 1. The molecule has 4 nitrogen and oxygen atoms in total. The van der Waals surface area contributed by atoms with Gasteiger partial charge in [0.25, 0.3) is 0 Å². The van der Waals surface area contributed by atoms with Crippen molar-refractivity contribution in [2.75, 3.05) is 0 Å². The Hall–Kier alpha value is -1.45. The first-order chi connectivity index (χ1) is 8.96. The van der Waals surface area contributed by atoms with Crippen molar-refractivity contribution in [3.63, 3.8) is 0 Å². The predicted molar refractivity (Wildman–Crippen MR) is 70.8 cm³/mol. The van der Waals surface area contributed by atoms with Gasteiger partial charge in [-0.05, 0) is 46.5 Å². The zero-order valence-corrected chi connectivity index (χ0v) is 11.8. The van der Waals surface area contributed by atoms with Crippen LogP contribution in [0.2, 0.25) is 0 Å². The number of carbonyl (C=O) groups is 1. The summed E-state index contributed by atoms with van der Waals surface area (Å²) >= 11 is 0. The van der Waals surface area contributed by atoms with Gasteiger partial charge in [0.05, 0.1) is 11.4 Å². The minimum atomic E-state index is -0.474. The molecule has 0 saturated heterocycles. The summed E-state index contributed by atoms with van der Waals surface area (Å²) < 4.78 is 11.0. The molecule has 4 heteroatoms. The van der Waals surface area contributed by atoms with Crippen LogP contribution in [0.25, 0.3) is 0 Å². The van der Waals surface area contributed by atoms with E-state index < -0.39 is 5.60 Å². The van der Waals surface area contributed by atoms with Crippen LogP contribution in [-0.4, -0.2) is 16.6 Å². The summed E-state index contributed by atoms with van der Waals surface area (Å²) in [6, 6.07) is 0. The molecule has 3 rings (SSSR count). The second-order valence-corrected chi connectivity index (χ2v) is 6.59. The summed E-state index contributed by atoms with van der Waals surface area (Å²) in [7, 11) is 0. The molecule has 0 aromatic heterocycles. The van der Waals surface area contributed by atoms with Gasteiger partial charge >= 0.3 is 6.09 Å². The number of hydrogen-bond acceptors (Lipinski definition) is 3. The van der Waals surface area contributed by atoms with E-state index in [2.05, 4.69) is 0 Å². The van der Waals surface area contributed by atoms with Crippen LogP contribution in [0.1, 0.15) is 46.5 Å². The number of rotatable bonds is 2. The van der Waals surface area contributed by atoms with Crippen LogP contribution >= 0.6 is 0 Å². The number of carbonyl (C=O) groups excluding carboxylic acids is 1. The zero-order valence-electron chi connectivity index (χ0n) is 11.8. The fraction of sp³-hybridized carbons (Fsp3) is 0.667. The third-order valence-electron chi connectivity index (χ3n) is 3.46. The van der Waals surface area contributed by atoms with E-state index in [0.717, 1.165) is 37.1 Å². The van der Waals surface area contributed by atoms with E-state index in [0.29, 0.717) is 11.8 Å². The second kappa shape index (κ2) is 4.29. The third-order valence-corrected chi connectivity index (χ3v) is 3.46. The summed E-state index contributed by atoms with van der Waals surface area (Å²) in [5, 5.41) is 0. The molecule has 3 aliphatic rings. The maximum Gasteiger partial charge on any atom is 0.419 e. The van der Waals surface area contributed by atoms with Gasteiger partial charge in [0, 0.05) is 11.8 Å². The highest BCUT2D eigenvalue weighted by atomic mass is 16.6. The highest BCUT2D eigenvalue weighted by molar-refractivity contribution is 5.73. The topological polar surface area (TPSA) is 38.8 Å². The van der Waals surface area contributed by atoms with E-state index in [4.69, 9.17) is 9.47 Å². The first kappa shape index (κ1) is 12.6. The fourth-order valence-corrected chi connectivity index (χ4v) is 2.26. The number of hydrogen-bond donors (Lipinski definition) is 0. The summed E-state index contributed by atoms with van der Waals surface area (Å²) in [6.07, 6.45) is 7.66. The van der Waals surface area contributed by atoms with Crippen LogP contribution < -0.4 is 0 Å². The lowest BCUT2D eigenvalue weighted by molar-refractivity contribution is 0.0327. The molecular formula is C15H21NO3. The van der Waals surface area contributed by atoms with Crippen LogP contribution in [0, 0.1) is 11.8 Å². The van der Waals surface area contributed by atoms with E-state index in [-0.39, 0.29) is 6.09 Å². The Morgan fingerprint density at radius 2 is 1.63 bits per heavy atom. The van der Waals surface area contributed by atoms with Crippen molar-refractivity contribution in [3.8, 4) is 0 Å². The highest BCUT2D eigenvalue weighted by Gasteiger charge is 2.42. The van der Waals surface area contributed by atoms with E-state index >= 15 is 0 Å². The molecule has 0 atom stereocenters. The predicted octanol–water partition coefficient (Wildman–Crippen LogP) is 3.76. The standard InChI is InChI=1S/C15H21NO3/c1-15(2,3)19-14(17)16-12(10-4-5-10)8-18-9-13(16)11-6-7-11/h8-11H,4-7H2,1-3H3. The largest absolute Gasteiger partial charge is 0.469 e. The Morgan fingerprint density at radius 3 is 2.00 bits per heavy atom. The van der Waals surface area contributed by atoms with Crippen molar-refractivity contribution in [2.24, 2.45) is 11.8 Å². The Labute approximate surface area is 114 Å². The van der Waals surface area contributed by atoms with Crippen molar-refractivity contribution < 1.29 is 14.3 Å². The second-order valence-electron chi connectivity index (χ2n) is 6.59. The summed E-state index contributed by atoms with van der Waals surface area (Å²) in [6.45, 7) is 5.69. The lowest BCUT2D eigenvalue weighted by Crippen LogP contribution is -2.38. The summed E-state index contributed by atoms with van der Waals surface area (Å²) in [4.78, 5) is 14.2. The molecule has 1 aliphatic heterocycles. The Balaban J connectivity index is 1.83. The van der Waals surface area contributed by atoms with Gasteiger partial charge in [0.2, 0.25) is 0 Å². The van der Waals surface area contributed by atoms with Gasteiger partial charge < -0.3 is 9.47 Å². The molecule has 0 aromatic rings. The molecule has 2 saturated carbocycles. The molecule has 0 unspecified atom stereocenters. The molecule has 1 amide bonds. The number of ether oxygens (including phenoxy) is 2. The number of allylic oxidation sites excluding steroid dienone is 2. The average Bonchev–Trinajstić information content (AvgIpc) is 3.16. The quantitative estimate of drug-likeness (QED) is 0.761. The Kier molecular flexibility index (Phi) is 2.84. The van der Waals surface area contributed by atoms with E-state index in [1.54, 1.807) is 17.4 Å². The van der Waals surface area contributed by atoms with Crippen molar-refractivity contribution in [1.29, 1.82) is 0 Å². The SMILES string of the molecule is CC(C)(C)OC(=O)N1C(C2CC2)=COC=C1C1CC1. The van der Waals surface area contributed by atoms with Gasteiger partial charge in [0.1, 0.15) is 18.1 Å². The van der Waals surface area contributed by atoms with Crippen LogP contribution in [0.3, 0.4) is 0 Å². The molecule has 0 radical (unpaired) electrons. The first-order valence-electron chi connectivity index (χ1n) is 7.04. The van der Waals surface area contributed by atoms with Gasteiger partial charge in [0.15, 0.2) is 0 Å². The summed E-state index contributed by atoms with van der Waals surface area (Å²) in [5.74, 6) is 0.907. The van der Waals surface area contributed by atoms with Crippen molar-refractivity contribution in [2.45, 2.75) is 52.1 Å². The van der Waals surface area contributed by atoms with Crippen molar-refractivity contribution in [1.82, 2.24) is 4.90 Å². The maximum atomic E-state index is 12.5. The fourth-order valence-electron chi connectivity index (χ4n) is 2.26. The van der Waals surface area contributed by atoms with Gasteiger partial charge in [-0.3, -0.25) is 0 Å². The van der Waals surface area contributed by atoms with Crippen LogP contribution in [0.15, 0.2) is 23.9 Å². The Bertz CT molecular complexity index is 423. The molecule has 104 valence electrons. The minimum absolute atomic E-state index is 0.271. The van der Waals surface area contributed by atoms with Crippen molar-refractivity contribution in [3.05, 3.63) is 23.9 Å². The molecule has 2 aliphatic carbocycles. The molecule has 1 heterocycles. The van der Waals surface area contributed by atoms with Crippen LogP contribution in [0.4, 0.5) is 4.79 Å². The molecule has 0 N–H and O–H groups in total. The first-order valence-corrected chi connectivity index (χ1v) is 7.04. The normalized spacial score (nSPS) is 23.4. The molecule has 19 heavy (non-hydrogen) atoms. The molecule has 0 bridgehead atoms. The summed E-state index contributed by atoms with van der Waals surface area (Å²) in [5.41, 5.74) is 1.47. The molecular weight excluding hydrogens is 242 g/mol. The Morgan fingerprint density at radius 1 is 1.16 bits per heavy atom. The van der Waals surface area contributed by atoms with Crippen molar-refractivity contribution >= 4 is 6.09 Å². The van der Waals surface area contributed by atoms with Gasteiger partial charge in [-0.25, -0.2) is 9.69 Å². The molecule has 0 aromatic carbocycles. The zero-order chi connectivity index (χ0) is 13.6. The van der Waals surface area contributed by atoms with E-state index in [1.165, 1.54) is 0 Å². The lowest BCUT2D eigenvalue weighted by atomic mass is 10.2. The van der Waals surface area contributed by atoms with Gasteiger partial charge in [-0.15, -0.1) is 0 Å². The minimum Gasteiger partial charge on any atom is -0.469 e. The van der Waals surface area contributed by atoms with Crippen LogP contribution in [-0.2, 0) is 9.47 Å². The molecule has 2 fully saturated rings. The third kappa shape index (κ3) is 2.77. The average molecular weight is 263 g/mol. The highest BCUT2D eigenvalue weighted by Crippen LogP contribution is 2.46. The maximum absolute atomic E-state index is 12.5. The number of amides is 1. The van der Waals surface area contributed by atoms with Gasteiger partial charge in [-0.1, -0.05) is 0 Å². The monoisotopic (exact) mass is 263 g/mol. The van der Waals surface area contributed by atoms with Gasteiger partial charge in [-0.2, -0.15) is 0 Å². The molecule has 0 spiro atoms.